The predicted molar refractivity (Wildman–Crippen MR) is 90.4 cm³/mol. The van der Waals surface area contributed by atoms with Crippen LogP contribution in [0.1, 0.15) is 56.8 Å². The molecule has 1 aromatic heterocycles. The summed E-state index contributed by atoms with van der Waals surface area (Å²) >= 11 is 0. The molecular weight excluding hydrogens is 332 g/mol. The van der Waals surface area contributed by atoms with E-state index in [-0.39, 0.29) is 24.5 Å². The fourth-order valence-corrected chi connectivity index (χ4v) is 4.14. The zero-order valence-electron chi connectivity index (χ0n) is 13.8. The first-order chi connectivity index (χ1) is 11.3. The Morgan fingerprint density at radius 3 is 2.58 bits per heavy atom. The van der Waals surface area contributed by atoms with Gasteiger partial charge in [-0.05, 0) is 62.7 Å². The van der Waals surface area contributed by atoms with E-state index in [0.717, 1.165) is 32.2 Å². The molecular formula is C16H25ClN4O3. The number of carbonyl (C=O) groups excluding carboxylic acids is 1. The normalized spacial score (nSPS) is 29.8. The molecule has 0 aromatic carbocycles. The van der Waals surface area contributed by atoms with Gasteiger partial charge >= 0.3 is 6.09 Å². The smallest absolute Gasteiger partial charge is 0.414 e. The summed E-state index contributed by atoms with van der Waals surface area (Å²) in [7, 11) is 0. The molecule has 24 heavy (non-hydrogen) atoms. The number of halogens is 1. The number of fused-ring (bicyclic) bond motifs is 3. The second-order valence-corrected chi connectivity index (χ2v) is 6.99. The van der Waals surface area contributed by atoms with Crippen molar-refractivity contribution in [3.05, 3.63) is 5.89 Å². The lowest BCUT2D eigenvalue weighted by molar-refractivity contribution is 0.0727. The van der Waals surface area contributed by atoms with Crippen molar-refractivity contribution in [3.63, 3.8) is 0 Å². The van der Waals surface area contributed by atoms with Crippen LogP contribution >= 0.6 is 12.4 Å². The molecule has 4 heterocycles. The fraction of sp³-hybridized carbons (Fsp3) is 0.812. The number of amides is 1. The summed E-state index contributed by atoms with van der Waals surface area (Å²) in [6, 6.07) is 0. The first kappa shape index (κ1) is 17.5. The van der Waals surface area contributed by atoms with Crippen LogP contribution < -0.4 is 5.32 Å². The predicted octanol–water partition coefficient (Wildman–Crippen LogP) is 3.18. The highest BCUT2D eigenvalue weighted by Crippen LogP contribution is 2.38. The molecule has 4 fully saturated rings. The van der Waals surface area contributed by atoms with Gasteiger partial charge in [0.1, 0.15) is 6.10 Å². The number of nitrogens with one attached hydrogen (secondary N) is 1. The number of hydrogen-bond donors (Lipinski definition) is 1. The summed E-state index contributed by atoms with van der Waals surface area (Å²) in [5.74, 6) is 1.79. The lowest BCUT2D eigenvalue weighted by atomic mass is 9.79. The van der Waals surface area contributed by atoms with Crippen LogP contribution in [-0.2, 0) is 4.74 Å². The van der Waals surface area contributed by atoms with Gasteiger partial charge in [-0.2, -0.15) is 4.98 Å². The van der Waals surface area contributed by atoms with Crippen molar-refractivity contribution in [3.8, 4) is 0 Å². The van der Waals surface area contributed by atoms with Crippen LogP contribution in [-0.4, -0.2) is 46.9 Å². The number of anilines is 1. The molecule has 134 valence electrons. The number of aromatic nitrogens is 2. The lowest BCUT2D eigenvalue weighted by Gasteiger charge is -2.43. The largest absolute Gasteiger partial charge is 0.446 e. The maximum absolute atomic E-state index is 11.9. The van der Waals surface area contributed by atoms with Crippen LogP contribution in [0.4, 0.5) is 10.7 Å². The Morgan fingerprint density at radius 2 is 1.92 bits per heavy atom. The molecule has 3 aliphatic heterocycles. The number of nitrogens with zero attached hydrogens (tertiary/aromatic N) is 3. The van der Waals surface area contributed by atoms with Gasteiger partial charge in [0, 0.05) is 6.54 Å². The van der Waals surface area contributed by atoms with Gasteiger partial charge in [-0.3, -0.25) is 5.32 Å². The third-order valence-corrected chi connectivity index (χ3v) is 5.45. The Kier molecular flexibility index (Phi) is 5.61. The van der Waals surface area contributed by atoms with Crippen molar-refractivity contribution in [2.75, 3.05) is 25.0 Å². The van der Waals surface area contributed by atoms with Crippen LogP contribution in [0.3, 0.4) is 0 Å². The third-order valence-electron chi connectivity index (χ3n) is 5.45. The van der Waals surface area contributed by atoms with E-state index < -0.39 is 6.09 Å². The van der Waals surface area contributed by atoms with E-state index in [1.54, 1.807) is 0 Å². The number of piperidine rings is 3. The van der Waals surface area contributed by atoms with Crippen LogP contribution in [0.15, 0.2) is 4.52 Å². The SMILES string of the molecule is Cl.O=C(Nc1noc(C2CN3CCC2CC3)n1)OC1CCCCC1. The fourth-order valence-electron chi connectivity index (χ4n) is 4.14. The number of hydrogen-bond acceptors (Lipinski definition) is 6. The summed E-state index contributed by atoms with van der Waals surface area (Å²) in [6.45, 7) is 3.33. The molecule has 0 spiro atoms. The van der Waals surface area contributed by atoms with E-state index >= 15 is 0 Å². The Morgan fingerprint density at radius 1 is 1.17 bits per heavy atom. The van der Waals surface area contributed by atoms with E-state index in [2.05, 4.69) is 20.4 Å². The van der Waals surface area contributed by atoms with Gasteiger partial charge in [0.25, 0.3) is 5.95 Å². The molecule has 0 radical (unpaired) electrons. The molecule has 1 atom stereocenters. The molecule has 1 saturated carbocycles. The minimum atomic E-state index is -0.474. The molecule has 1 amide bonds. The van der Waals surface area contributed by atoms with Crippen molar-refractivity contribution in [2.45, 2.75) is 57.0 Å². The highest BCUT2D eigenvalue weighted by molar-refractivity contribution is 5.85. The minimum absolute atomic E-state index is 0. The van der Waals surface area contributed by atoms with Crippen molar-refractivity contribution in [1.29, 1.82) is 0 Å². The molecule has 1 N–H and O–H groups in total. The van der Waals surface area contributed by atoms with Crippen LogP contribution in [0, 0.1) is 5.92 Å². The van der Waals surface area contributed by atoms with E-state index in [1.165, 1.54) is 32.4 Å². The van der Waals surface area contributed by atoms with Crippen molar-refractivity contribution < 1.29 is 14.1 Å². The molecule has 8 heteroatoms. The third kappa shape index (κ3) is 3.83. The van der Waals surface area contributed by atoms with Gasteiger partial charge in [-0.1, -0.05) is 6.42 Å². The zero-order valence-corrected chi connectivity index (χ0v) is 14.6. The average molecular weight is 357 g/mol. The lowest BCUT2D eigenvalue weighted by Crippen LogP contribution is -2.46. The topological polar surface area (TPSA) is 80.5 Å². The van der Waals surface area contributed by atoms with Gasteiger partial charge in [-0.15, -0.1) is 12.4 Å². The highest BCUT2D eigenvalue weighted by Gasteiger charge is 2.38. The summed E-state index contributed by atoms with van der Waals surface area (Å²) in [6.07, 6.45) is 7.33. The summed E-state index contributed by atoms with van der Waals surface area (Å²) < 4.78 is 10.8. The monoisotopic (exact) mass is 356 g/mol. The molecule has 2 bridgehead atoms. The molecule has 7 nitrogen and oxygen atoms in total. The average Bonchev–Trinajstić information content (AvgIpc) is 3.05. The molecule has 1 unspecified atom stereocenters. The van der Waals surface area contributed by atoms with Crippen LogP contribution in [0.5, 0.6) is 0 Å². The quantitative estimate of drug-likeness (QED) is 0.895. The molecule has 3 saturated heterocycles. The first-order valence-corrected chi connectivity index (χ1v) is 8.81. The molecule has 1 aromatic rings. The summed E-state index contributed by atoms with van der Waals surface area (Å²) in [4.78, 5) is 18.7. The zero-order chi connectivity index (χ0) is 15.6. The van der Waals surface area contributed by atoms with Gasteiger partial charge in [0.2, 0.25) is 5.89 Å². The number of ether oxygens (including phenoxy) is 1. The molecule has 1 aliphatic carbocycles. The maximum Gasteiger partial charge on any atom is 0.414 e. The van der Waals surface area contributed by atoms with Gasteiger partial charge < -0.3 is 14.2 Å². The van der Waals surface area contributed by atoms with E-state index in [9.17, 15) is 4.79 Å². The first-order valence-electron chi connectivity index (χ1n) is 8.81. The second kappa shape index (κ2) is 7.70. The van der Waals surface area contributed by atoms with Gasteiger partial charge in [0.05, 0.1) is 5.92 Å². The Balaban J connectivity index is 0.00000169. The Bertz CT molecular complexity index is 553. The van der Waals surface area contributed by atoms with E-state index in [4.69, 9.17) is 9.26 Å². The van der Waals surface area contributed by atoms with Crippen LogP contribution in [0.2, 0.25) is 0 Å². The summed E-state index contributed by atoms with van der Waals surface area (Å²) in [5.41, 5.74) is 0. The van der Waals surface area contributed by atoms with E-state index in [1.807, 2.05) is 0 Å². The van der Waals surface area contributed by atoms with E-state index in [0.29, 0.717) is 17.7 Å². The van der Waals surface area contributed by atoms with Crippen LogP contribution in [0.25, 0.3) is 0 Å². The Labute approximate surface area is 147 Å². The highest BCUT2D eigenvalue weighted by atomic mass is 35.5. The van der Waals surface area contributed by atoms with Crippen molar-refractivity contribution >= 4 is 24.4 Å². The minimum Gasteiger partial charge on any atom is -0.446 e. The number of carbonyl (C=O) groups is 1. The van der Waals surface area contributed by atoms with Gasteiger partial charge in [0.15, 0.2) is 0 Å². The Hall–Kier alpha value is -1.34. The second-order valence-electron chi connectivity index (χ2n) is 6.99. The van der Waals surface area contributed by atoms with Crippen molar-refractivity contribution in [2.24, 2.45) is 5.92 Å². The standard InChI is InChI=1S/C16H24N4O3.ClH/c21-16(22-12-4-2-1-3-5-12)18-15-17-14(23-19-15)13-10-20-8-6-11(13)7-9-20;/h11-13H,1-10H2,(H,18,19,21);1H. The molecule has 5 rings (SSSR count). The summed E-state index contributed by atoms with van der Waals surface area (Å²) in [5, 5.41) is 6.49. The van der Waals surface area contributed by atoms with Gasteiger partial charge in [-0.25, -0.2) is 4.79 Å². The number of rotatable bonds is 3. The molecule has 4 aliphatic rings. The maximum atomic E-state index is 11.9. The van der Waals surface area contributed by atoms with Crippen molar-refractivity contribution in [1.82, 2.24) is 15.0 Å².